The Morgan fingerprint density at radius 3 is 2.80 bits per heavy atom. The predicted molar refractivity (Wildman–Crippen MR) is 70.0 cm³/mol. The van der Waals surface area contributed by atoms with E-state index in [4.69, 9.17) is 11.6 Å². The number of nitrogens with zero attached hydrogens (tertiary/aromatic N) is 2. The summed E-state index contributed by atoms with van der Waals surface area (Å²) in [5, 5.41) is 4.74. The minimum atomic E-state index is -4.44. The fourth-order valence-electron chi connectivity index (χ4n) is 1.42. The maximum atomic E-state index is 11.9. The normalized spacial score (nSPS) is 11.6. The number of alkyl halides is 3. The molecule has 2 N–H and O–H groups in total. The second-order valence-corrected chi connectivity index (χ2v) is 4.74. The van der Waals surface area contributed by atoms with E-state index in [1.54, 1.807) is 17.4 Å². The zero-order chi connectivity index (χ0) is 14.8. The van der Waals surface area contributed by atoms with E-state index in [1.807, 2.05) is 0 Å². The first-order valence-electron chi connectivity index (χ1n) is 5.35. The molecule has 10 heteroatoms. The Bertz CT molecular complexity index is 630. The number of nitrogens with one attached hydrogen (secondary N) is 2. The molecule has 0 radical (unpaired) electrons. The highest BCUT2D eigenvalue weighted by Gasteiger charge is 2.27. The smallest absolute Gasteiger partial charge is 0.373 e. The van der Waals surface area contributed by atoms with Crippen molar-refractivity contribution in [2.24, 2.45) is 0 Å². The van der Waals surface area contributed by atoms with Gasteiger partial charge < -0.3 is 10.6 Å². The van der Waals surface area contributed by atoms with Gasteiger partial charge in [-0.2, -0.15) is 21.9 Å². The molecule has 2 aromatic rings. The van der Waals surface area contributed by atoms with Gasteiger partial charge in [-0.15, -0.1) is 0 Å². The molecule has 1 amide bonds. The Balaban J connectivity index is 2.00. The first kappa shape index (κ1) is 14.8. The number of carbonyl (C=O) groups excluding carboxylic acids is 1. The van der Waals surface area contributed by atoms with Gasteiger partial charge in [0.15, 0.2) is 0 Å². The van der Waals surface area contributed by atoms with Crippen LogP contribution >= 0.6 is 23.3 Å². The molecule has 0 spiro atoms. The average molecular weight is 325 g/mol. The summed E-state index contributed by atoms with van der Waals surface area (Å²) in [4.78, 5) is 11.3. The molecule has 0 saturated carbocycles. The fourth-order valence-corrected chi connectivity index (χ4v) is 2.19. The van der Waals surface area contributed by atoms with Crippen LogP contribution in [0, 0.1) is 0 Å². The highest BCUT2D eigenvalue weighted by Crippen LogP contribution is 2.29. The first-order valence-corrected chi connectivity index (χ1v) is 6.46. The number of rotatable bonds is 4. The van der Waals surface area contributed by atoms with E-state index in [9.17, 15) is 18.0 Å². The number of hydrogen-bond acceptors (Lipinski definition) is 5. The van der Waals surface area contributed by atoms with Crippen LogP contribution in [0.1, 0.15) is 0 Å². The van der Waals surface area contributed by atoms with Crippen LogP contribution in [-0.4, -0.2) is 33.9 Å². The molecule has 0 fully saturated rings. The molecule has 0 unspecified atom stereocenters. The lowest BCUT2D eigenvalue weighted by atomic mass is 10.2. The minimum Gasteiger partial charge on any atom is -0.373 e. The predicted octanol–water partition coefficient (Wildman–Crippen LogP) is 2.44. The molecule has 108 valence electrons. The number of benzene rings is 1. The van der Waals surface area contributed by atoms with E-state index < -0.39 is 18.6 Å². The molecule has 0 bridgehead atoms. The van der Waals surface area contributed by atoms with Crippen molar-refractivity contribution in [2.75, 3.05) is 18.4 Å². The summed E-state index contributed by atoms with van der Waals surface area (Å²) in [6.07, 6.45) is -4.44. The van der Waals surface area contributed by atoms with Crippen LogP contribution < -0.4 is 10.6 Å². The van der Waals surface area contributed by atoms with E-state index in [0.717, 1.165) is 11.7 Å². The minimum absolute atomic E-state index is 0.314. The van der Waals surface area contributed by atoms with Crippen LogP contribution in [0.4, 0.5) is 18.9 Å². The summed E-state index contributed by atoms with van der Waals surface area (Å²) < 4.78 is 43.8. The summed E-state index contributed by atoms with van der Waals surface area (Å²) >= 11 is 6.93. The quantitative estimate of drug-likeness (QED) is 0.906. The van der Waals surface area contributed by atoms with Crippen LogP contribution in [0.25, 0.3) is 11.0 Å². The van der Waals surface area contributed by atoms with Crippen LogP contribution in [0.2, 0.25) is 5.02 Å². The van der Waals surface area contributed by atoms with Crippen LogP contribution in [0.3, 0.4) is 0 Å². The van der Waals surface area contributed by atoms with Crippen molar-refractivity contribution in [2.45, 2.75) is 6.18 Å². The number of aromatic nitrogens is 2. The van der Waals surface area contributed by atoms with Gasteiger partial charge in [0.1, 0.15) is 17.6 Å². The maximum absolute atomic E-state index is 11.9. The summed E-state index contributed by atoms with van der Waals surface area (Å²) in [5.74, 6) is -0.793. The second-order valence-electron chi connectivity index (χ2n) is 3.80. The summed E-state index contributed by atoms with van der Waals surface area (Å²) in [5.41, 5.74) is 1.45. The third-order valence-electron chi connectivity index (χ3n) is 2.29. The van der Waals surface area contributed by atoms with Crippen molar-refractivity contribution in [1.29, 1.82) is 0 Å². The summed E-state index contributed by atoms with van der Waals surface area (Å²) in [6, 6.07) is 3.23. The Kier molecular flexibility index (Phi) is 4.29. The molecule has 0 aliphatic carbocycles. The molecule has 1 heterocycles. The van der Waals surface area contributed by atoms with Crippen molar-refractivity contribution in [3.8, 4) is 0 Å². The standard InChI is InChI=1S/C10H8ClF3N4OS/c11-5-1-2-6-9(18-20-17-6)8(5)15-3-7(19)16-4-10(12,13)14/h1-2,15H,3-4H2,(H,16,19). The molecule has 2 rings (SSSR count). The molecular formula is C10H8ClF3N4OS. The van der Waals surface area contributed by atoms with E-state index in [0.29, 0.717) is 21.7 Å². The highest BCUT2D eigenvalue weighted by atomic mass is 35.5. The monoisotopic (exact) mass is 324 g/mol. The van der Waals surface area contributed by atoms with Gasteiger partial charge in [0.25, 0.3) is 0 Å². The number of halogens is 4. The van der Waals surface area contributed by atoms with Gasteiger partial charge in [-0.1, -0.05) is 11.6 Å². The highest BCUT2D eigenvalue weighted by molar-refractivity contribution is 7.00. The Morgan fingerprint density at radius 2 is 2.10 bits per heavy atom. The zero-order valence-electron chi connectivity index (χ0n) is 9.79. The molecule has 0 aliphatic heterocycles. The van der Waals surface area contributed by atoms with Crippen molar-refractivity contribution in [1.82, 2.24) is 14.1 Å². The number of anilines is 1. The lowest BCUT2D eigenvalue weighted by Crippen LogP contribution is -2.37. The Labute approximate surface area is 120 Å². The molecule has 20 heavy (non-hydrogen) atoms. The largest absolute Gasteiger partial charge is 0.405 e. The number of carbonyl (C=O) groups is 1. The van der Waals surface area contributed by atoms with Gasteiger partial charge in [0, 0.05) is 0 Å². The number of fused-ring (bicyclic) bond motifs is 1. The van der Waals surface area contributed by atoms with Gasteiger partial charge in [0.05, 0.1) is 29.0 Å². The van der Waals surface area contributed by atoms with Gasteiger partial charge in [-0.05, 0) is 12.1 Å². The van der Waals surface area contributed by atoms with Crippen LogP contribution in [0.15, 0.2) is 12.1 Å². The molecular weight excluding hydrogens is 317 g/mol. The average Bonchev–Trinajstić information content (AvgIpc) is 2.82. The lowest BCUT2D eigenvalue weighted by molar-refractivity contribution is -0.137. The van der Waals surface area contributed by atoms with Gasteiger partial charge in [-0.3, -0.25) is 4.79 Å². The molecule has 0 atom stereocenters. The van der Waals surface area contributed by atoms with Crippen LogP contribution in [-0.2, 0) is 4.79 Å². The molecule has 5 nitrogen and oxygen atoms in total. The number of hydrogen-bond donors (Lipinski definition) is 2. The van der Waals surface area contributed by atoms with Gasteiger partial charge in [0.2, 0.25) is 5.91 Å². The fraction of sp³-hybridized carbons (Fsp3) is 0.300. The lowest BCUT2D eigenvalue weighted by Gasteiger charge is -2.10. The SMILES string of the molecule is O=C(CNc1c(Cl)ccc2nsnc12)NCC(F)(F)F. The second kappa shape index (κ2) is 5.80. The van der Waals surface area contributed by atoms with Gasteiger partial charge >= 0.3 is 6.18 Å². The molecule has 0 saturated heterocycles. The third kappa shape index (κ3) is 3.70. The number of amides is 1. The molecule has 0 aliphatic rings. The summed E-state index contributed by atoms with van der Waals surface area (Å²) in [7, 11) is 0. The maximum Gasteiger partial charge on any atom is 0.405 e. The van der Waals surface area contributed by atoms with Crippen molar-refractivity contribution >= 4 is 46.0 Å². The zero-order valence-corrected chi connectivity index (χ0v) is 11.4. The van der Waals surface area contributed by atoms with E-state index in [2.05, 4.69) is 14.1 Å². The third-order valence-corrected chi connectivity index (χ3v) is 3.15. The van der Waals surface area contributed by atoms with Crippen LogP contribution in [0.5, 0.6) is 0 Å². The molecule has 1 aromatic heterocycles. The Morgan fingerprint density at radius 1 is 1.35 bits per heavy atom. The van der Waals surface area contributed by atoms with E-state index >= 15 is 0 Å². The van der Waals surface area contributed by atoms with Crippen molar-refractivity contribution in [3.05, 3.63) is 17.2 Å². The van der Waals surface area contributed by atoms with Crippen molar-refractivity contribution in [3.63, 3.8) is 0 Å². The molecule has 1 aromatic carbocycles. The van der Waals surface area contributed by atoms with Gasteiger partial charge in [-0.25, -0.2) is 0 Å². The Hall–Kier alpha value is -1.61. The topological polar surface area (TPSA) is 66.9 Å². The van der Waals surface area contributed by atoms with E-state index in [1.165, 1.54) is 0 Å². The van der Waals surface area contributed by atoms with E-state index in [-0.39, 0.29) is 6.54 Å². The summed E-state index contributed by atoms with van der Waals surface area (Å²) in [6.45, 7) is -1.71. The van der Waals surface area contributed by atoms with Crippen molar-refractivity contribution < 1.29 is 18.0 Å². The first-order chi connectivity index (χ1) is 9.37.